The number of nitrogens with one attached hydrogen (secondary N) is 1. The van der Waals surface area contributed by atoms with Crippen LogP contribution < -0.4 is 19.7 Å². The maximum absolute atomic E-state index is 15.5. The molecule has 5 rings (SSSR count). The number of methoxy groups -OCH3 is 1. The van der Waals surface area contributed by atoms with Gasteiger partial charge in [-0.2, -0.15) is 0 Å². The van der Waals surface area contributed by atoms with E-state index in [4.69, 9.17) is 19.2 Å². The third-order valence-electron chi connectivity index (χ3n) is 7.57. The molecule has 0 radical (unpaired) electrons. The zero-order chi connectivity index (χ0) is 29.3. The van der Waals surface area contributed by atoms with E-state index in [1.54, 1.807) is 13.1 Å². The predicted octanol–water partition coefficient (Wildman–Crippen LogP) is 4.87. The standard InChI is InChI=1S/C31H37FN4O5/c1-31(2,3)41-30(38)35(4)14-15-40-21-8-6-19(7-9-21)24-16-25(22-10-11-26(39-5)27(32)28(22)34-24)36-17-20-12-13-33-29(37)23(20)18-36/h6-11,16,20,23H,12-15,17-18H2,1-5H3,(H,33,37)/t20-,23+/m0/s1. The second kappa shape index (κ2) is 11.4. The Morgan fingerprint density at radius 3 is 2.61 bits per heavy atom. The molecule has 0 bridgehead atoms. The minimum absolute atomic E-state index is 0.0793. The van der Waals surface area contributed by atoms with Crippen molar-refractivity contribution in [3.8, 4) is 22.8 Å². The molecule has 41 heavy (non-hydrogen) atoms. The van der Waals surface area contributed by atoms with E-state index in [0.717, 1.165) is 24.2 Å². The number of aromatic nitrogens is 1. The summed E-state index contributed by atoms with van der Waals surface area (Å²) in [4.78, 5) is 33.0. The molecule has 2 fully saturated rings. The summed E-state index contributed by atoms with van der Waals surface area (Å²) >= 11 is 0. The van der Waals surface area contributed by atoms with E-state index in [2.05, 4.69) is 10.2 Å². The summed E-state index contributed by atoms with van der Waals surface area (Å²) in [5.41, 5.74) is 1.91. The average Bonchev–Trinajstić information content (AvgIpc) is 3.38. The Morgan fingerprint density at radius 2 is 1.93 bits per heavy atom. The van der Waals surface area contributed by atoms with Crippen molar-refractivity contribution in [2.24, 2.45) is 11.8 Å². The second-order valence-corrected chi connectivity index (χ2v) is 11.6. The number of rotatable bonds is 7. The summed E-state index contributed by atoms with van der Waals surface area (Å²) in [6, 6.07) is 12.8. The number of hydrogen-bond donors (Lipinski definition) is 1. The van der Waals surface area contributed by atoms with Gasteiger partial charge in [-0.3, -0.25) is 4.79 Å². The van der Waals surface area contributed by atoms with E-state index >= 15 is 4.39 Å². The Balaban J connectivity index is 1.37. The predicted molar refractivity (Wildman–Crippen MR) is 155 cm³/mol. The first-order valence-electron chi connectivity index (χ1n) is 13.9. The van der Waals surface area contributed by atoms with Crippen molar-refractivity contribution in [3.63, 3.8) is 0 Å². The van der Waals surface area contributed by atoms with Gasteiger partial charge in [-0.25, -0.2) is 14.2 Å². The molecule has 2 amide bonds. The molecule has 2 aliphatic heterocycles. The number of carbonyl (C=O) groups excluding carboxylic acids is 2. The van der Waals surface area contributed by atoms with Crippen molar-refractivity contribution >= 4 is 28.6 Å². The number of carbonyl (C=O) groups is 2. The maximum atomic E-state index is 15.5. The van der Waals surface area contributed by atoms with Crippen molar-refractivity contribution in [2.45, 2.75) is 32.8 Å². The largest absolute Gasteiger partial charge is 0.494 e. The highest BCUT2D eigenvalue weighted by molar-refractivity contribution is 5.96. The van der Waals surface area contributed by atoms with E-state index in [1.807, 2.05) is 57.2 Å². The summed E-state index contributed by atoms with van der Waals surface area (Å²) in [7, 11) is 3.10. The maximum Gasteiger partial charge on any atom is 0.410 e. The van der Waals surface area contributed by atoms with Crippen molar-refractivity contribution in [1.29, 1.82) is 0 Å². The van der Waals surface area contributed by atoms with Gasteiger partial charge in [-0.15, -0.1) is 0 Å². The molecular weight excluding hydrogens is 527 g/mol. The Hall–Kier alpha value is -4.08. The van der Waals surface area contributed by atoms with Crippen molar-refractivity contribution in [3.05, 3.63) is 48.3 Å². The first-order chi connectivity index (χ1) is 19.5. The summed E-state index contributed by atoms with van der Waals surface area (Å²) in [6.07, 6.45) is 0.524. The summed E-state index contributed by atoms with van der Waals surface area (Å²) < 4.78 is 31.9. The normalized spacial score (nSPS) is 18.6. The Morgan fingerprint density at radius 1 is 1.17 bits per heavy atom. The van der Waals surface area contributed by atoms with Crippen LogP contribution in [0.15, 0.2) is 42.5 Å². The minimum Gasteiger partial charge on any atom is -0.494 e. The van der Waals surface area contributed by atoms with Gasteiger partial charge in [0, 0.05) is 43.3 Å². The van der Waals surface area contributed by atoms with Gasteiger partial charge in [0.15, 0.2) is 11.6 Å². The fourth-order valence-electron chi connectivity index (χ4n) is 5.41. The average molecular weight is 565 g/mol. The van der Waals surface area contributed by atoms with E-state index in [-0.39, 0.29) is 29.0 Å². The fraction of sp³-hybridized carbons (Fsp3) is 0.452. The Kier molecular flexibility index (Phi) is 7.93. The molecule has 10 heteroatoms. The molecule has 0 aliphatic carbocycles. The number of piperidine rings is 1. The van der Waals surface area contributed by atoms with E-state index in [0.29, 0.717) is 43.1 Å². The number of amides is 2. The van der Waals surface area contributed by atoms with Crippen molar-refractivity contribution in [2.75, 3.05) is 51.8 Å². The number of halogens is 1. The lowest BCUT2D eigenvalue weighted by Gasteiger charge is -2.24. The monoisotopic (exact) mass is 564 g/mol. The lowest BCUT2D eigenvalue weighted by Crippen LogP contribution is -2.41. The molecule has 2 atom stereocenters. The van der Waals surface area contributed by atoms with Gasteiger partial charge >= 0.3 is 6.09 Å². The third kappa shape index (κ3) is 6.16. The molecule has 9 nitrogen and oxygen atoms in total. The van der Waals surface area contributed by atoms with Crippen LogP contribution in [-0.2, 0) is 9.53 Å². The lowest BCUT2D eigenvalue weighted by molar-refractivity contribution is -0.127. The van der Waals surface area contributed by atoms with Crippen LogP contribution in [0.1, 0.15) is 27.2 Å². The molecule has 0 unspecified atom stereocenters. The molecular formula is C31H37FN4O5. The highest BCUT2D eigenvalue weighted by Gasteiger charge is 2.40. The van der Waals surface area contributed by atoms with Gasteiger partial charge < -0.3 is 29.3 Å². The van der Waals surface area contributed by atoms with Gasteiger partial charge in [0.25, 0.3) is 0 Å². The molecule has 0 spiro atoms. The zero-order valence-electron chi connectivity index (χ0n) is 24.2. The third-order valence-corrected chi connectivity index (χ3v) is 7.57. The molecule has 218 valence electrons. The number of pyridine rings is 1. The first-order valence-corrected chi connectivity index (χ1v) is 13.9. The van der Waals surface area contributed by atoms with Crippen molar-refractivity contribution in [1.82, 2.24) is 15.2 Å². The zero-order valence-corrected chi connectivity index (χ0v) is 24.2. The lowest BCUT2D eigenvalue weighted by atomic mass is 9.89. The molecule has 2 saturated heterocycles. The van der Waals surface area contributed by atoms with Crippen LogP contribution in [0, 0.1) is 17.7 Å². The molecule has 3 heterocycles. The Bertz CT molecular complexity index is 1440. The van der Waals surface area contributed by atoms with Crippen LogP contribution in [-0.4, -0.2) is 74.4 Å². The quantitative estimate of drug-likeness (QED) is 0.438. The summed E-state index contributed by atoms with van der Waals surface area (Å²) in [5, 5.41) is 3.65. The van der Waals surface area contributed by atoms with Gasteiger partial charge in [-0.05, 0) is 75.6 Å². The van der Waals surface area contributed by atoms with Gasteiger partial charge in [0.1, 0.15) is 23.5 Å². The first kappa shape index (κ1) is 28.4. The molecule has 2 aliphatic rings. The van der Waals surface area contributed by atoms with Crippen molar-refractivity contribution < 1.29 is 28.2 Å². The number of benzene rings is 2. The van der Waals surface area contributed by atoms with Gasteiger partial charge in [-0.1, -0.05) is 0 Å². The molecule has 0 saturated carbocycles. The number of anilines is 1. The van der Waals surface area contributed by atoms with E-state index in [9.17, 15) is 9.59 Å². The summed E-state index contributed by atoms with van der Waals surface area (Å²) in [5.74, 6) is 0.519. The number of fused-ring (bicyclic) bond motifs is 2. The molecule has 1 aromatic heterocycles. The van der Waals surface area contributed by atoms with Crippen LogP contribution in [0.25, 0.3) is 22.2 Å². The van der Waals surface area contributed by atoms with Crippen LogP contribution in [0.4, 0.5) is 14.9 Å². The molecule has 1 N–H and O–H groups in total. The van der Waals surface area contributed by atoms with Crippen LogP contribution in [0.3, 0.4) is 0 Å². The van der Waals surface area contributed by atoms with E-state index in [1.165, 1.54) is 12.0 Å². The SMILES string of the molecule is COc1ccc2c(N3C[C@@H]4CCNC(=O)[C@@H]4C3)cc(-c3ccc(OCCN(C)C(=O)OC(C)(C)C)cc3)nc2c1F. The van der Waals surface area contributed by atoms with Gasteiger partial charge in [0.2, 0.25) is 5.91 Å². The number of hydrogen-bond acceptors (Lipinski definition) is 7. The molecule has 3 aromatic rings. The van der Waals surface area contributed by atoms with Gasteiger partial charge in [0.05, 0.1) is 25.3 Å². The molecule has 2 aromatic carbocycles. The topological polar surface area (TPSA) is 93.2 Å². The Labute approximate surface area is 239 Å². The van der Waals surface area contributed by atoms with Crippen LogP contribution in [0.2, 0.25) is 0 Å². The highest BCUT2D eigenvalue weighted by atomic mass is 19.1. The summed E-state index contributed by atoms with van der Waals surface area (Å²) in [6.45, 7) is 8.13. The van der Waals surface area contributed by atoms with Crippen LogP contribution in [0.5, 0.6) is 11.5 Å². The fourth-order valence-corrected chi connectivity index (χ4v) is 5.41. The smallest absolute Gasteiger partial charge is 0.410 e. The number of ether oxygens (including phenoxy) is 3. The minimum atomic E-state index is -0.561. The van der Waals surface area contributed by atoms with Crippen LogP contribution >= 0.6 is 0 Å². The second-order valence-electron chi connectivity index (χ2n) is 11.6. The number of likely N-dealkylation sites (N-methyl/N-ethyl adjacent to an activating group) is 1. The highest BCUT2D eigenvalue weighted by Crippen LogP contribution is 2.39. The number of nitrogens with zero attached hydrogens (tertiary/aromatic N) is 3. The van der Waals surface area contributed by atoms with E-state index < -0.39 is 17.5 Å².